The second-order valence-corrected chi connectivity index (χ2v) is 9.99. The molecule has 2 saturated heterocycles. The second kappa shape index (κ2) is 11.2. The molecular weight excluding hydrogens is 486 g/mol. The van der Waals surface area contributed by atoms with Crippen LogP contribution in [0.15, 0.2) is 115 Å². The summed E-state index contributed by atoms with van der Waals surface area (Å²) >= 11 is 0. The van der Waals surface area contributed by atoms with Gasteiger partial charge in [-0.15, -0.1) is 0 Å². The lowest BCUT2D eigenvalue weighted by Crippen LogP contribution is -2.53. The van der Waals surface area contributed by atoms with E-state index in [-0.39, 0.29) is 24.3 Å². The predicted molar refractivity (Wildman–Crippen MR) is 152 cm³/mol. The molecule has 6 rings (SSSR count). The van der Waals surface area contributed by atoms with Gasteiger partial charge in [-0.2, -0.15) is 0 Å². The summed E-state index contributed by atoms with van der Waals surface area (Å²) in [6, 6.07) is 37.5. The Morgan fingerprint density at radius 3 is 1.69 bits per heavy atom. The van der Waals surface area contributed by atoms with Gasteiger partial charge in [0.25, 0.3) is 5.91 Å². The minimum Gasteiger partial charge on any atom is -0.457 e. The van der Waals surface area contributed by atoms with E-state index < -0.39 is 6.04 Å². The molecule has 6 heteroatoms. The standard InChI is InChI=1S/C33H31N3O3/c37-31-24-30(33(38)36(31)27-16-18-29(19-17-27)39-28-14-8-3-9-15-28)34-20-22-35(23-21-34)32(25-10-4-1-5-11-25)26-12-6-2-7-13-26/h1-19,30,32H,20-24H2/t30-/m1/s1. The number of para-hydroxylation sites is 1. The molecule has 4 aromatic rings. The first-order valence-electron chi connectivity index (χ1n) is 13.4. The molecular formula is C33H31N3O3. The Labute approximate surface area is 229 Å². The quantitative estimate of drug-likeness (QED) is 0.302. The van der Waals surface area contributed by atoms with Gasteiger partial charge in [0.15, 0.2) is 0 Å². The fourth-order valence-corrected chi connectivity index (χ4v) is 5.65. The van der Waals surface area contributed by atoms with E-state index in [9.17, 15) is 9.59 Å². The van der Waals surface area contributed by atoms with Crippen molar-refractivity contribution in [1.82, 2.24) is 9.80 Å². The monoisotopic (exact) mass is 517 g/mol. The molecule has 1 atom stereocenters. The van der Waals surface area contributed by atoms with E-state index in [1.165, 1.54) is 16.0 Å². The zero-order valence-electron chi connectivity index (χ0n) is 21.7. The van der Waals surface area contributed by atoms with E-state index in [4.69, 9.17) is 4.74 Å². The van der Waals surface area contributed by atoms with Crippen molar-refractivity contribution in [2.75, 3.05) is 31.1 Å². The van der Waals surface area contributed by atoms with Crippen molar-refractivity contribution in [3.05, 3.63) is 126 Å². The van der Waals surface area contributed by atoms with Crippen LogP contribution in [0, 0.1) is 0 Å². The molecule has 2 heterocycles. The summed E-state index contributed by atoms with van der Waals surface area (Å²) in [5.41, 5.74) is 3.10. The van der Waals surface area contributed by atoms with Gasteiger partial charge in [0.05, 0.1) is 24.2 Å². The first-order chi connectivity index (χ1) is 19.2. The molecule has 6 nitrogen and oxygen atoms in total. The van der Waals surface area contributed by atoms with Crippen LogP contribution in [0.5, 0.6) is 11.5 Å². The molecule has 0 saturated carbocycles. The van der Waals surface area contributed by atoms with Crippen LogP contribution in [0.4, 0.5) is 5.69 Å². The van der Waals surface area contributed by atoms with E-state index in [0.717, 1.165) is 31.9 Å². The number of amides is 2. The molecule has 4 aromatic carbocycles. The van der Waals surface area contributed by atoms with Gasteiger partial charge < -0.3 is 4.74 Å². The molecule has 0 N–H and O–H groups in total. The summed E-state index contributed by atoms with van der Waals surface area (Å²) in [6.45, 7) is 3.10. The lowest BCUT2D eigenvalue weighted by molar-refractivity contribution is -0.123. The number of rotatable bonds is 7. The van der Waals surface area contributed by atoms with E-state index in [0.29, 0.717) is 11.4 Å². The third-order valence-corrected chi connectivity index (χ3v) is 7.58. The zero-order valence-corrected chi connectivity index (χ0v) is 21.7. The molecule has 2 aliphatic rings. The Morgan fingerprint density at radius 2 is 1.13 bits per heavy atom. The second-order valence-electron chi connectivity index (χ2n) is 9.99. The van der Waals surface area contributed by atoms with Crippen LogP contribution < -0.4 is 9.64 Å². The number of anilines is 1. The zero-order chi connectivity index (χ0) is 26.6. The molecule has 0 radical (unpaired) electrons. The number of ether oxygens (including phenoxy) is 1. The maximum Gasteiger partial charge on any atom is 0.251 e. The van der Waals surface area contributed by atoms with Crippen molar-refractivity contribution >= 4 is 17.5 Å². The molecule has 0 aliphatic carbocycles. The summed E-state index contributed by atoms with van der Waals surface area (Å²) in [5.74, 6) is 1.09. The Bertz CT molecular complexity index is 1360. The SMILES string of the molecule is O=C1C[C@@H](N2CCN(C(c3ccccc3)c3ccccc3)CC2)C(=O)N1c1ccc(Oc2ccccc2)cc1. The van der Waals surface area contributed by atoms with Crippen LogP contribution in [0.1, 0.15) is 23.6 Å². The highest BCUT2D eigenvalue weighted by Crippen LogP contribution is 2.32. The number of hydrogen-bond donors (Lipinski definition) is 0. The lowest BCUT2D eigenvalue weighted by Gasteiger charge is -2.41. The van der Waals surface area contributed by atoms with Crippen molar-refractivity contribution in [3.63, 3.8) is 0 Å². The molecule has 0 unspecified atom stereocenters. The van der Waals surface area contributed by atoms with Gasteiger partial charge in [-0.25, -0.2) is 4.90 Å². The van der Waals surface area contributed by atoms with Gasteiger partial charge in [-0.1, -0.05) is 78.9 Å². The van der Waals surface area contributed by atoms with Crippen LogP contribution >= 0.6 is 0 Å². The molecule has 2 fully saturated rings. The van der Waals surface area contributed by atoms with Crippen molar-refractivity contribution in [3.8, 4) is 11.5 Å². The van der Waals surface area contributed by atoms with Crippen LogP contribution in [0.2, 0.25) is 0 Å². The summed E-state index contributed by atoms with van der Waals surface area (Å²) in [5, 5.41) is 0. The van der Waals surface area contributed by atoms with Gasteiger partial charge >= 0.3 is 0 Å². The summed E-state index contributed by atoms with van der Waals surface area (Å²) < 4.78 is 5.86. The summed E-state index contributed by atoms with van der Waals surface area (Å²) in [4.78, 5) is 32.5. The van der Waals surface area contributed by atoms with Gasteiger partial charge in [0, 0.05) is 26.2 Å². The highest BCUT2D eigenvalue weighted by molar-refractivity contribution is 6.22. The molecule has 0 bridgehead atoms. The minimum atomic E-state index is -0.424. The third-order valence-electron chi connectivity index (χ3n) is 7.58. The molecule has 39 heavy (non-hydrogen) atoms. The Kier molecular flexibility index (Phi) is 7.21. The molecule has 196 valence electrons. The summed E-state index contributed by atoms with van der Waals surface area (Å²) in [6.07, 6.45) is 0.210. The highest BCUT2D eigenvalue weighted by atomic mass is 16.5. The topological polar surface area (TPSA) is 53.1 Å². The minimum absolute atomic E-state index is 0.146. The molecule has 2 aliphatic heterocycles. The molecule has 2 amide bonds. The van der Waals surface area contributed by atoms with Gasteiger partial charge in [0.1, 0.15) is 11.5 Å². The Morgan fingerprint density at radius 1 is 0.615 bits per heavy atom. The summed E-state index contributed by atoms with van der Waals surface area (Å²) in [7, 11) is 0. The van der Waals surface area contributed by atoms with Crippen LogP contribution in [-0.4, -0.2) is 53.8 Å². The van der Waals surface area contributed by atoms with Gasteiger partial charge in [0.2, 0.25) is 5.91 Å². The van der Waals surface area contributed by atoms with Crippen LogP contribution in [0.3, 0.4) is 0 Å². The number of hydrogen-bond acceptors (Lipinski definition) is 5. The smallest absolute Gasteiger partial charge is 0.251 e. The highest BCUT2D eigenvalue weighted by Gasteiger charge is 2.43. The van der Waals surface area contributed by atoms with Gasteiger partial charge in [-0.05, 0) is 47.5 Å². The Hall–Kier alpha value is -4.26. The van der Waals surface area contributed by atoms with Crippen LogP contribution in [-0.2, 0) is 9.59 Å². The number of piperazine rings is 1. The van der Waals surface area contributed by atoms with E-state index in [2.05, 4.69) is 58.3 Å². The van der Waals surface area contributed by atoms with Crippen molar-refractivity contribution in [1.29, 1.82) is 0 Å². The van der Waals surface area contributed by atoms with E-state index in [1.54, 1.807) is 24.3 Å². The maximum absolute atomic E-state index is 13.5. The number of carbonyl (C=O) groups excluding carboxylic acids is 2. The van der Waals surface area contributed by atoms with Crippen molar-refractivity contribution < 1.29 is 14.3 Å². The first-order valence-corrected chi connectivity index (χ1v) is 13.4. The number of carbonyl (C=O) groups is 2. The normalized spacial score (nSPS) is 18.6. The van der Waals surface area contributed by atoms with E-state index >= 15 is 0 Å². The lowest BCUT2D eigenvalue weighted by atomic mass is 9.96. The number of nitrogens with zero attached hydrogens (tertiary/aromatic N) is 3. The average molecular weight is 518 g/mol. The number of imide groups is 1. The number of benzene rings is 4. The average Bonchev–Trinajstić information content (AvgIpc) is 3.29. The van der Waals surface area contributed by atoms with Gasteiger partial charge in [-0.3, -0.25) is 19.4 Å². The molecule has 0 spiro atoms. The van der Waals surface area contributed by atoms with Crippen molar-refractivity contribution in [2.24, 2.45) is 0 Å². The maximum atomic E-state index is 13.5. The Balaban J connectivity index is 1.12. The fraction of sp³-hybridized carbons (Fsp3) is 0.212. The predicted octanol–water partition coefficient (Wildman–Crippen LogP) is 5.52. The fourth-order valence-electron chi connectivity index (χ4n) is 5.65. The van der Waals surface area contributed by atoms with E-state index in [1.807, 2.05) is 42.5 Å². The third kappa shape index (κ3) is 5.35. The largest absolute Gasteiger partial charge is 0.457 e. The van der Waals surface area contributed by atoms with Crippen molar-refractivity contribution in [2.45, 2.75) is 18.5 Å². The first kappa shape index (κ1) is 25.0. The van der Waals surface area contributed by atoms with Crippen LogP contribution in [0.25, 0.3) is 0 Å². The molecule has 0 aromatic heterocycles.